The SMILES string of the molecule is COC1(C(=O)c2c(F)cccc2F)CCCC(C)C1. The van der Waals surface area contributed by atoms with Crippen molar-refractivity contribution < 1.29 is 18.3 Å². The number of Topliss-reactive ketones (excluding diaryl/α,β-unsaturated/α-hetero) is 1. The van der Waals surface area contributed by atoms with Gasteiger partial charge in [-0.15, -0.1) is 0 Å². The van der Waals surface area contributed by atoms with E-state index in [0.717, 1.165) is 25.0 Å². The maximum Gasteiger partial charge on any atom is 0.200 e. The van der Waals surface area contributed by atoms with E-state index >= 15 is 0 Å². The Morgan fingerprint density at radius 3 is 2.53 bits per heavy atom. The molecule has 0 bridgehead atoms. The highest BCUT2D eigenvalue weighted by Gasteiger charge is 2.44. The van der Waals surface area contributed by atoms with Gasteiger partial charge in [0.1, 0.15) is 17.2 Å². The van der Waals surface area contributed by atoms with Gasteiger partial charge in [0.15, 0.2) is 0 Å². The minimum Gasteiger partial charge on any atom is -0.370 e. The van der Waals surface area contributed by atoms with Crippen LogP contribution in [0.5, 0.6) is 0 Å². The second-order valence-electron chi connectivity index (χ2n) is 5.33. The van der Waals surface area contributed by atoms with Crippen molar-refractivity contribution in [1.82, 2.24) is 0 Å². The van der Waals surface area contributed by atoms with Crippen molar-refractivity contribution in [3.8, 4) is 0 Å². The van der Waals surface area contributed by atoms with Gasteiger partial charge in [-0.1, -0.05) is 19.4 Å². The van der Waals surface area contributed by atoms with E-state index < -0.39 is 28.6 Å². The van der Waals surface area contributed by atoms with E-state index in [4.69, 9.17) is 4.74 Å². The molecule has 0 radical (unpaired) electrons. The molecule has 2 atom stereocenters. The van der Waals surface area contributed by atoms with Crippen molar-refractivity contribution in [3.05, 3.63) is 35.4 Å². The summed E-state index contributed by atoms with van der Waals surface area (Å²) in [5, 5.41) is 0. The first-order chi connectivity index (χ1) is 9.00. The molecule has 1 fully saturated rings. The maximum atomic E-state index is 13.7. The minimum absolute atomic E-state index is 0.312. The number of carbonyl (C=O) groups excluding carboxylic acids is 1. The molecule has 0 aromatic heterocycles. The molecule has 1 aromatic carbocycles. The van der Waals surface area contributed by atoms with Crippen LogP contribution in [0.3, 0.4) is 0 Å². The van der Waals surface area contributed by atoms with Crippen LogP contribution in [-0.2, 0) is 4.74 Å². The largest absolute Gasteiger partial charge is 0.370 e. The Morgan fingerprint density at radius 1 is 1.37 bits per heavy atom. The van der Waals surface area contributed by atoms with Gasteiger partial charge in [-0.2, -0.15) is 0 Å². The third kappa shape index (κ3) is 2.54. The van der Waals surface area contributed by atoms with Gasteiger partial charge in [-0.25, -0.2) is 8.78 Å². The molecule has 19 heavy (non-hydrogen) atoms. The van der Waals surface area contributed by atoms with Crippen molar-refractivity contribution >= 4 is 5.78 Å². The molecule has 104 valence electrons. The highest BCUT2D eigenvalue weighted by molar-refractivity contribution is 6.03. The molecular weight excluding hydrogens is 250 g/mol. The summed E-state index contributed by atoms with van der Waals surface area (Å²) >= 11 is 0. The van der Waals surface area contributed by atoms with Crippen LogP contribution in [0.15, 0.2) is 18.2 Å². The quantitative estimate of drug-likeness (QED) is 0.780. The fraction of sp³-hybridized carbons (Fsp3) is 0.533. The van der Waals surface area contributed by atoms with E-state index in [1.165, 1.54) is 13.2 Å². The molecule has 0 spiro atoms. The molecule has 2 rings (SSSR count). The average Bonchev–Trinajstić information content (AvgIpc) is 2.38. The van der Waals surface area contributed by atoms with Crippen molar-refractivity contribution in [1.29, 1.82) is 0 Å². The zero-order chi connectivity index (χ0) is 14.0. The van der Waals surface area contributed by atoms with Crippen molar-refractivity contribution in [2.24, 2.45) is 5.92 Å². The Morgan fingerprint density at radius 2 is 2.00 bits per heavy atom. The van der Waals surface area contributed by atoms with E-state index in [0.29, 0.717) is 18.8 Å². The van der Waals surface area contributed by atoms with Gasteiger partial charge in [-0.05, 0) is 37.3 Å². The molecule has 1 saturated carbocycles. The van der Waals surface area contributed by atoms with E-state index in [1.807, 2.05) is 6.92 Å². The third-order valence-corrected chi connectivity index (χ3v) is 3.95. The summed E-state index contributed by atoms with van der Waals surface area (Å²) in [7, 11) is 1.44. The van der Waals surface area contributed by atoms with Crippen molar-refractivity contribution in [2.75, 3.05) is 7.11 Å². The molecular formula is C15H18F2O2. The first-order valence-corrected chi connectivity index (χ1v) is 6.54. The fourth-order valence-corrected chi connectivity index (χ4v) is 2.93. The maximum absolute atomic E-state index is 13.7. The summed E-state index contributed by atoms with van der Waals surface area (Å²) in [4.78, 5) is 12.5. The molecule has 2 unspecified atom stereocenters. The van der Waals surface area contributed by atoms with Gasteiger partial charge in [0, 0.05) is 7.11 Å². The summed E-state index contributed by atoms with van der Waals surface area (Å²) in [6.45, 7) is 2.03. The highest BCUT2D eigenvalue weighted by Crippen LogP contribution is 2.38. The van der Waals surface area contributed by atoms with Crippen LogP contribution < -0.4 is 0 Å². The standard InChI is InChI=1S/C15H18F2O2/c1-10-5-4-8-15(9-10,19-2)14(18)13-11(16)6-3-7-12(13)17/h3,6-7,10H,4-5,8-9H2,1-2H3. The first-order valence-electron chi connectivity index (χ1n) is 6.54. The predicted molar refractivity (Wildman–Crippen MR) is 68.1 cm³/mol. The molecule has 1 aromatic rings. The lowest BCUT2D eigenvalue weighted by molar-refractivity contribution is -0.0308. The topological polar surface area (TPSA) is 26.3 Å². The highest BCUT2D eigenvalue weighted by atomic mass is 19.1. The number of carbonyl (C=O) groups is 1. The average molecular weight is 268 g/mol. The van der Waals surface area contributed by atoms with Gasteiger partial charge >= 0.3 is 0 Å². The molecule has 0 amide bonds. The number of halogens is 2. The number of hydrogen-bond acceptors (Lipinski definition) is 2. The Hall–Kier alpha value is -1.29. The summed E-state index contributed by atoms with van der Waals surface area (Å²) in [6.07, 6.45) is 2.87. The lowest BCUT2D eigenvalue weighted by Gasteiger charge is -2.37. The predicted octanol–water partition coefficient (Wildman–Crippen LogP) is 3.74. The molecule has 0 aliphatic heterocycles. The molecule has 1 aliphatic carbocycles. The normalized spacial score (nSPS) is 27.3. The van der Waals surface area contributed by atoms with Gasteiger partial charge < -0.3 is 4.74 Å². The van der Waals surface area contributed by atoms with Crippen molar-refractivity contribution in [2.45, 2.75) is 38.2 Å². The molecule has 0 saturated heterocycles. The Balaban J connectivity index is 2.41. The van der Waals surface area contributed by atoms with E-state index in [9.17, 15) is 13.6 Å². The first kappa shape index (κ1) is 14.1. The fourth-order valence-electron chi connectivity index (χ4n) is 2.93. The Bertz CT molecular complexity index is 467. The van der Waals surface area contributed by atoms with Crippen LogP contribution in [0.1, 0.15) is 43.0 Å². The van der Waals surface area contributed by atoms with E-state index in [2.05, 4.69) is 0 Å². The summed E-state index contributed by atoms with van der Waals surface area (Å²) in [5.41, 5.74) is -1.56. The van der Waals surface area contributed by atoms with Crippen LogP contribution in [0.4, 0.5) is 8.78 Å². The van der Waals surface area contributed by atoms with Crippen molar-refractivity contribution in [3.63, 3.8) is 0 Å². The third-order valence-electron chi connectivity index (χ3n) is 3.95. The van der Waals surface area contributed by atoms with Gasteiger partial charge in [0.05, 0.1) is 5.56 Å². The van der Waals surface area contributed by atoms with E-state index in [1.54, 1.807) is 0 Å². The molecule has 0 heterocycles. The van der Waals surface area contributed by atoms with E-state index in [-0.39, 0.29) is 0 Å². The number of ether oxygens (including phenoxy) is 1. The second-order valence-corrected chi connectivity index (χ2v) is 5.33. The van der Waals surface area contributed by atoms with Crippen LogP contribution in [0.2, 0.25) is 0 Å². The lowest BCUT2D eigenvalue weighted by Crippen LogP contribution is -2.45. The molecule has 1 aliphatic rings. The Kier molecular flexibility index (Phi) is 3.99. The Labute approximate surface area is 111 Å². The number of benzene rings is 1. The number of hydrogen-bond donors (Lipinski definition) is 0. The lowest BCUT2D eigenvalue weighted by atomic mass is 9.74. The van der Waals surface area contributed by atoms with Crippen LogP contribution >= 0.6 is 0 Å². The smallest absolute Gasteiger partial charge is 0.200 e. The van der Waals surface area contributed by atoms with Gasteiger partial charge in [0.25, 0.3) is 0 Å². The van der Waals surface area contributed by atoms with Crippen LogP contribution in [-0.4, -0.2) is 18.5 Å². The second kappa shape index (κ2) is 5.37. The zero-order valence-electron chi connectivity index (χ0n) is 11.2. The van der Waals surface area contributed by atoms with Crippen LogP contribution in [0, 0.1) is 17.6 Å². The summed E-state index contributed by atoms with van der Waals surface area (Å²) < 4.78 is 32.9. The zero-order valence-corrected chi connectivity index (χ0v) is 11.2. The molecule has 0 N–H and O–H groups in total. The molecule has 4 heteroatoms. The summed E-state index contributed by atoms with van der Waals surface area (Å²) in [5.74, 6) is -1.90. The minimum atomic E-state index is -1.08. The van der Waals surface area contributed by atoms with Gasteiger partial charge in [0.2, 0.25) is 5.78 Å². The monoisotopic (exact) mass is 268 g/mol. The number of ketones is 1. The summed E-state index contributed by atoms with van der Waals surface area (Å²) in [6, 6.07) is 3.46. The molecule has 2 nitrogen and oxygen atoms in total. The van der Waals surface area contributed by atoms with Gasteiger partial charge in [-0.3, -0.25) is 4.79 Å². The van der Waals surface area contributed by atoms with Crippen LogP contribution in [0.25, 0.3) is 0 Å². The number of rotatable bonds is 3. The number of methoxy groups -OCH3 is 1.